The van der Waals surface area contributed by atoms with Crippen molar-refractivity contribution in [1.29, 1.82) is 0 Å². The van der Waals surface area contributed by atoms with E-state index in [2.05, 4.69) is 24.2 Å². The van der Waals surface area contributed by atoms with Gasteiger partial charge in [0.1, 0.15) is 0 Å². The Morgan fingerprint density at radius 1 is 1.44 bits per heavy atom. The number of carbonyl (C=O) groups is 1. The summed E-state index contributed by atoms with van der Waals surface area (Å²) in [6, 6.07) is 0.279. The highest BCUT2D eigenvalue weighted by Crippen LogP contribution is 2.23. The first kappa shape index (κ1) is 13.5. The molecule has 94 valence electrons. The molecule has 0 spiro atoms. The number of hydrazine groups is 1. The van der Waals surface area contributed by atoms with Crippen molar-refractivity contribution in [3.05, 3.63) is 0 Å². The van der Waals surface area contributed by atoms with Crippen molar-refractivity contribution in [1.82, 2.24) is 10.3 Å². The largest absolute Gasteiger partial charge is 0.300 e. The average Bonchev–Trinajstić information content (AvgIpc) is 2.36. The van der Waals surface area contributed by atoms with Crippen molar-refractivity contribution in [2.75, 3.05) is 13.1 Å². The van der Waals surface area contributed by atoms with Gasteiger partial charge >= 0.3 is 0 Å². The van der Waals surface area contributed by atoms with Crippen LogP contribution in [0.4, 0.5) is 0 Å². The number of nitrogens with one attached hydrogen (secondary N) is 1. The molecular formula is C12H25N3O. The van der Waals surface area contributed by atoms with Crippen molar-refractivity contribution < 1.29 is 4.79 Å². The molecule has 0 aromatic rings. The number of nitrogens with two attached hydrogens (primary N) is 1. The molecule has 1 aliphatic heterocycles. The standard InChI is InChI=1S/C12H25N3O/c1-4-11-5-7-15(8-6-11)10(3)9(2)12(16)14-13/h9-11H,4-8,13H2,1-3H3,(H,14,16). The molecule has 1 fully saturated rings. The third-order valence-electron chi connectivity index (χ3n) is 4.08. The molecule has 0 aromatic carbocycles. The highest BCUT2D eigenvalue weighted by atomic mass is 16.2. The smallest absolute Gasteiger partial charge is 0.238 e. The maximum absolute atomic E-state index is 11.5. The van der Waals surface area contributed by atoms with Gasteiger partial charge in [-0.25, -0.2) is 5.84 Å². The van der Waals surface area contributed by atoms with Gasteiger partial charge in [-0.3, -0.25) is 15.1 Å². The van der Waals surface area contributed by atoms with E-state index in [9.17, 15) is 4.79 Å². The van der Waals surface area contributed by atoms with Crippen LogP contribution in [0.1, 0.15) is 40.0 Å². The predicted octanol–water partition coefficient (Wildman–Crippen LogP) is 1.12. The molecule has 2 atom stereocenters. The van der Waals surface area contributed by atoms with E-state index in [4.69, 9.17) is 5.84 Å². The SMILES string of the molecule is CCC1CCN(C(C)C(C)C(=O)NN)CC1. The molecule has 0 radical (unpaired) electrons. The van der Waals surface area contributed by atoms with Crippen LogP contribution in [0.5, 0.6) is 0 Å². The first-order chi connectivity index (χ1) is 7.60. The van der Waals surface area contributed by atoms with E-state index in [1.165, 1.54) is 19.3 Å². The topological polar surface area (TPSA) is 58.4 Å². The minimum atomic E-state index is -0.0647. The number of likely N-dealkylation sites (tertiary alicyclic amines) is 1. The lowest BCUT2D eigenvalue weighted by atomic mass is 9.91. The quantitative estimate of drug-likeness (QED) is 0.430. The highest BCUT2D eigenvalue weighted by Gasteiger charge is 2.28. The molecule has 0 bridgehead atoms. The van der Waals surface area contributed by atoms with E-state index < -0.39 is 0 Å². The summed E-state index contributed by atoms with van der Waals surface area (Å²) < 4.78 is 0. The summed E-state index contributed by atoms with van der Waals surface area (Å²) >= 11 is 0. The Labute approximate surface area is 98.5 Å². The third-order valence-corrected chi connectivity index (χ3v) is 4.08. The van der Waals surface area contributed by atoms with E-state index in [1.807, 2.05) is 6.92 Å². The molecule has 1 amide bonds. The van der Waals surface area contributed by atoms with Gasteiger partial charge in [0.2, 0.25) is 5.91 Å². The molecule has 1 aliphatic rings. The summed E-state index contributed by atoms with van der Waals surface area (Å²) in [5, 5.41) is 0. The fraction of sp³-hybridized carbons (Fsp3) is 0.917. The maximum atomic E-state index is 11.5. The number of piperidine rings is 1. The molecule has 3 N–H and O–H groups in total. The summed E-state index contributed by atoms with van der Waals surface area (Å²) in [5.41, 5.74) is 2.24. The Balaban J connectivity index is 2.43. The summed E-state index contributed by atoms with van der Waals surface area (Å²) in [5.74, 6) is 5.94. The van der Waals surface area contributed by atoms with Gasteiger partial charge in [0, 0.05) is 6.04 Å². The fourth-order valence-electron chi connectivity index (χ4n) is 2.44. The molecule has 0 aromatic heterocycles. The molecule has 4 nitrogen and oxygen atoms in total. The third kappa shape index (κ3) is 3.19. The van der Waals surface area contributed by atoms with Crippen LogP contribution in [0.3, 0.4) is 0 Å². The van der Waals surface area contributed by atoms with Crippen LogP contribution in [0.15, 0.2) is 0 Å². The maximum Gasteiger partial charge on any atom is 0.238 e. The molecule has 1 saturated heterocycles. The van der Waals surface area contributed by atoms with E-state index >= 15 is 0 Å². The predicted molar refractivity (Wildman–Crippen MR) is 65.5 cm³/mol. The molecule has 2 unspecified atom stereocenters. The molecular weight excluding hydrogens is 202 g/mol. The van der Waals surface area contributed by atoms with Gasteiger partial charge in [-0.15, -0.1) is 0 Å². The molecule has 0 aliphatic carbocycles. The minimum absolute atomic E-state index is 0.0387. The molecule has 1 heterocycles. The zero-order valence-electron chi connectivity index (χ0n) is 10.7. The van der Waals surface area contributed by atoms with Crippen LogP contribution in [-0.4, -0.2) is 29.9 Å². The molecule has 1 rings (SSSR count). The number of hydrogen-bond acceptors (Lipinski definition) is 3. The first-order valence-corrected chi connectivity index (χ1v) is 6.34. The lowest BCUT2D eigenvalue weighted by Crippen LogP contribution is -2.48. The van der Waals surface area contributed by atoms with Crippen LogP contribution >= 0.6 is 0 Å². The Morgan fingerprint density at radius 3 is 2.44 bits per heavy atom. The highest BCUT2D eigenvalue weighted by molar-refractivity contribution is 5.78. The van der Waals surface area contributed by atoms with Gasteiger partial charge in [0.15, 0.2) is 0 Å². The Kier molecular flexibility index (Phi) is 5.22. The van der Waals surface area contributed by atoms with E-state index in [0.29, 0.717) is 0 Å². The van der Waals surface area contributed by atoms with Crippen LogP contribution in [0.2, 0.25) is 0 Å². The van der Waals surface area contributed by atoms with E-state index in [-0.39, 0.29) is 17.9 Å². The second kappa shape index (κ2) is 6.21. The Bertz CT molecular complexity index is 224. The molecule has 16 heavy (non-hydrogen) atoms. The van der Waals surface area contributed by atoms with Crippen molar-refractivity contribution in [3.8, 4) is 0 Å². The normalized spacial score (nSPS) is 22.8. The first-order valence-electron chi connectivity index (χ1n) is 6.34. The number of rotatable bonds is 4. The van der Waals surface area contributed by atoms with Gasteiger partial charge in [0.25, 0.3) is 0 Å². The second-order valence-corrected chi connectivity index (χ2v) is 4.93. The zero-order valence-corrected chi connectivity index (χ0v) is 10.7. The van der Waals surface area contributed by atoms with Crippen molar-refractivity contribution in [2.45, 2.75) is 46.1 Å². The van der Waals surface area contributed by atoms with Crippen LogP contribution in [-0.2, 0) is 4.79 Å². The summed E-state index contributed by atoms with van der Waals surface area (Å²) in [6.45, 7) is 8.54. The van der Waals surface area contributed by atoms with Gasteiger partial charge in [-0.2, -0.15) is 0 Å². The molecule has 0 saturated carbocycles. The number of hydrogen-bond donors (Lipinski definition) is 2. The second-order valence-electron chi connectivity index (χ2n) is 4.93. The number of carbonyl (C=O) groups excluding carboxylic acids is 1. The van der Waals surface area contributed by atoms with Crippen LogP contribution < -0.4 is 11.3 Å². The lowest BCUT2D eigenvalue weighted by Gasteiger charge is -2.37. The van der Waals surface area contributed by atoms with Crippen LogP contribution in [0.25, 0.3) is 0 Å². The lowest BCUT2D eigenvalue weighted by molar-refractivity contribution is -0.126. The minimum Gasteiger partial charge on any atom is -0.300 e. The van der Waals surface area contributed by atoms with Gasteiger partial charge in [-0.1, -0.05) is 20.3 Å². The summed E-state index contributed by atoms with van der Waals surface area (Å²) in [6.07, 6.45) is 3.80. The van der Waals surface area contributed by atoms with Crippen molar-refractivity contribution >= 4 is 5.91 Å². The Morgan fingerprint density at radius 2 is 2.00 bits per heavy atom. The van der Waals surface area contributed by atoms with Crippen LogP contribution in [0, 0.1) is 11.8 Å². The summed E-state index contributed by atoms with van der Waals surface area (Å²) in [7, 11) is 0. The van der Waals surface area contributed by atoms with Gasteiger partial charge in [-0.05, 0) is 38.8 Å². The van der Waals surface area contributed by atoms with E-state index in [1.54, 1.807) is 0 Å². The van der Waals surface area contributed by atoms with Gasteiger partial charge < -0.3 is 0 Å². The summed E-state index contributed by atoms with van der Waals surface area (Å²) in [4.78, 5) is 13.9. The number of nitrogens with zero attached hydrogens (tertiary/aromatic N) is 1. The van der Waals surface area contributed by atoms with Gasteiger partial charge in [0.05, 0.1) is 5.92 Å². The fourth-order valence-corrected chi connectivity index (χ4v) is 2.44. The molecule has 4 heteroatoms. The average molecular weight is 227 g/mol. The zero-order chi connectivity index (χ0) is 12.1. The van der Waals surface area contributed by atoms with Crippen molar-refractivity contribution in [3.63, 3.8) is 0 Å². The monoisotopic (exact) mass is 227 g/mol. The Hall–Kier alpha value is -0.610. The number of amides is 1. The van der Waals surface area contributed by atoms with Crippen molar-refractivity contribution in [2.24, 2.45) is 17.7 Å². The van der Waals surface area contributed by atoms with E-state index in [0.717, 1.165) is 19.0 Å².